The zero-order chi connectivity index (χ0) is 19.8. The van der Waals surface area contributed by atoms with E-state index < -0.39 is 5.97 Å². The van der Waals surface area contributed by atoms with Crippen molar-refractivity contribution in [3.8, 4) is 0 Å². The van der Waals surface area contributed by atoms with Crippen LogP contribution < -0.4 is 15.5 Å². The molecule has 1 amide bonds. The van der Waals surface area contributed by atoms with Gasteiger partial charge in [-0.1, -0.05) is 11.6 Å². The molecule has 0 aliphatic carbocycles. The fourth-order valence-corrected chi connectivity index (χ4v) is 2.81. The number of rotatable bonds is 8. The van der Waals surface area contributed by atoms with Gasteiger partial charge in [0, 0.05) is 24.5 Å². The van der Waals surface area contributed by atoms with Gasteiger partial charge in [0.05, 0.1) is 29.9 Å². The van der Waals surface area contributed by atoms with Crippen LogP contribution in [0.3, 0.4) is 0 Å². The minimum atomic E-state index is -0.465. The van der Waals surface area contributed by atoms with Crippen LogP contribution in [0.5, 0.6) is 0 Å². The van der Waals surface area contributed by atoms with E-state index in [-0.39, 0.29) is 12.5 Å². The summed E-state index contributed by atoms with van der Waals surface area (Å²) < 4.78 is 4.69. The molecule has 7 heteroatoms. The Morgan fingerprint density at radius 2 is 1.74 bits per heavy atom. The van der Waals surface area contributed by atoms with Crippen LogP contribution in [0.15, 0.2) is 42.5 Å². The fourth-order valence-electron chi connectivity index (χ4n) is 2.63. The lowest BCUT2D eigenvalue weighted by atomic mass is 10.2. The highest BCUT2D eigenvalue weighted by molar-refractivity contribution is 6.33. The standard InChI is InChI=1S/C20H24ClN3O3/c1-4-24(5-2)16-9-7-15(8-10-16)23-19(25)13-22-18-12-14(20(26)27-3)6-11-17(18)21/h6-12,22H,4-5,13H2,1-3H3,(H,23,25). The summed E-state index contributed by atoms with van der Waals surface area (Å²) in [6.45, 7) is 6.08. The summed E-state index contributed by atoms with van der Waals surface area (Å²) in [5.74, 6) is -0.683. The molecule has 0 atom stereocenters. The fraction of sp³-hybridized carbons (Fsp3) is 0.300. The molecule has 0 saturated carbocycles. The van der Waals surface area contributed by atoms with Crippen molar-refractivity contribution in [3.63, 3.8) is 0 Å². The van der Waals surface area contributed by atoms with Gasteiger partial charge in [-0.15, -0.1) is 0 Å². The molecule has 0 aliphatic rings. The normalized spacial score (nSPS) is 10.2. The minimum absolute atomic E-state index is 0.0160. The summed E-state index contributed by atoms with van der Waals surface area (Å²) in [5.41, 5.74) is 2.68. The number of hydrogen-bond acceptors (Lipinski definition) is 5. The minimum Gasteiger partial charge on any atom is -0.465 e. The van der Waals surface area contributed by atoms with Crippen molar-refractivity contribution in [2.24, 2.45) is 0 Å². The highest BCUT2D eigenvalue weighted by atomic mass is 35.5. The van der Waals surface area contributed by atoms with Crippen LogP contribution in [0.25, 0.3) is 0 Å². The number of benzene rings is 2. The average molecular weight is 390 g/mol. The third-order valence-corrected chi connectivity index (χ3v) is 4.44. The Labute approximate surface area is 164 Å². The summed E-state index contributed by atoms with van der Waals surface area (Å²) in [6, 6.07) is 12.4. The molecule has 2 rings (SSSR count). The highest BCUT2D eigenvalue weighted by Crippen LogP contribution is 2.23. The SMILES string of the molecule is CCN(CC)c1ccc(NC(=O)CNc2cc(C(=O)OC)ccc2Cl)cc1. The maximum atomic E-state index is 12.2. The Morgan fingerprint density at radius 3 is 2.33 bits per heavy atom. The van der Waals surface area contributed by atoms with Gasteiger partial charge in [-0.05, 0) is 56.3 Å². The van der Waals surface area contributed by atoms with Crippen LogP contribution in [0.2, 0.25) is 5.02 Å². The van der Waals surface area contributed by atoms with E-state index in [2.05, 4.69) is 34.1 Å². The molecule has 144 valence electrons. The molecule has 6 nitrogen and oxygen atoms in total. The van der Waals surface area contributed by atoms with Crippen molar-refractivity contribution in [3.05, 3.63) is 53.1 Å². The van der Waals surface area contributed by atoms with Crippen LogP contribution in [0, 0.1) is 0 Å². The maximum absolute atomic E-state index is 12.2. The Bertz CT molecular complexity index is 790. The van der Waals surface area contributed by atoms with Crippen LogP contribution in [0.4, 0.5) is 17.1 Å². The number of hydrogen-bond donors (Lipinski definition) is 2. The van der Waals surface area contributed by atoms with E-state index in [4.69, 9.17) is 11.6 Å². The number of nitrogens with one attached hydrogen (secondary N) is 2. The van der Waals surface area contributed by atoms with Gasteiger partial charge in [0.1, 0.15) is 0 Å². The summed E-state index contributed by atoms with van der Waals surface area (Å²) in [7, 11) is 1.31. The molecule has 0 radical (unpaired) electrons. The number of carbonyl (C=O) groups is 2. The van der Waals surface area contributed by atoms with E-state index in [0.717, 1.165) is 18.8 Å². The van der Waals surface area contributed by atoms with Crippen molar-refractivity contribution in [1.82, 2.24) is 0 Å². The molecule has 27 heavy (non-hydrogen) atoms. The molecule has 2 aromatic carbocycles. The first kappa shape index (κ1) is 20.6. The lowest BCUT2D eigenvalue weighted by Gasteiger charge is -2.21. The van der Waals surface area contributed by atoms with Gasteiger partial charge in [0.25, 0.3) is 0 Å². The first-order valence-electron chi connectivity index (χ1n) is 8.75. The molecule has 0 saturated heterocycles. The number of esters is 1. The topological polar surface area (TPSA) is 70.7 Å². The second kappa shape index (κ2) is 9.83. The Morgan fingerprint density at radius 1 is 1.07 bits per heavy atom. The quantitative estimate of drug-likeness (QED) is 0.667. The van der Waals surface area contributed by atoms with E-state index in [0.29, 0.717) is 22.0 Å². The van der Waals surface area contributed by atoms with Gasteiger partial charge < -0.3 is 20.3 Å². The lowest BCUT2D eigenvalue weighted by molar-refractivity contribution is -0.114. The third-order valence-electron chi connectivity index (χ3n) is 4.11. The van der Waals surface area contributed by atoms with E-state index >= 15 is 0 Å². The number of nitrogens with zero attached hydrogens (tertiary/aromatic N) is 1. The number of carbonyl (C=O) groups excluding carboxylic acids is 2. The van der Waals surface area contributed by atoms with Crippen LogP contribution in [-0.2, 0) is 9.53 Å². The van der Waals surface area contributed by atoms with Gasteiger partial charge in [0.2, 0.25) is 5.91 Å². The molecule has 0 fully saturated rings. The van der Waals surface area contributed by atoms with Crippen molar-refractivity contribution in [2.75, 3.05) is 42.3 Å². The molecule has 2 N–H and O–H groups in total. The molecule has 0 spiro atoms. The molecule has 0 heterocycles. The van der Waals surface area contributed by atoms with Crippen molar-refractivity contribution in [1.29, 1.82) is 0 Å². The molecule has 0 unspecified atom stereocenters. The van der Waals surface area contributed by atoms with Crippen LogP contribution in [0.1, 0.15) is 24.2 Å². The van der Waals surface area contributed by atoms with Gasteiger partial charge >= 0.3 is 5.97 Å². The van der Waals surface area contributed by atoms with E-state index in [1.807, 2.05) is 24.3 Å². The van der Waals surface area contributed by atoms with Crippen molar-refractivity contribution < 1.29 is 14.3 Å². The Kier molecular flexibility index (Phi) is 7.49. The lowest BCUT2D eigenvalue weighted by Crippen LogP contribution is -2.23. The van der Waals surface area contributed by atoms with Crippen LogP contribution in [-0.4, -0.2) is 38.6 Å². The van der Waals surface area contributed by atoms with Gasteiger partial charge in [0.15, 0.2) is 0 Å². The number of halogens is 1. The first-order chi connectivity index (χ1) is 13.0. The third kappa shape index (κ3) is 5.62. The summed E-state index contributed by atoms with van der Waals surface area (Å²) in [5, 5.41) is 6.18. The first-order valence-corrected chi connectivity index (χ1v) is 9.12. The number of methoxy groups -OCH3 is 1. The number of amides is 1. The van der Waals surface area contributed by atoms with E-state index in [1.54, 1.807) is 18.2 Å². The maximum Gasteiger partial charge on any atom is 0.337 e. The number of anilines is 3. The average Bonchev–Trinajstić information content (AvgIpc) is 2.69. The summed E-state index contributed by atoms with van der Waals surface area (Å²) in [6.07, 6.45) is 0. The molecule has 0 bridgehead atoms. The monoisotopic (exact) mass is 389 g/mol. The van der Waals surface area contributed by atoms with Gasteiger partial charge in [-0.3, -0.25) is 4.79 Å². The Hall–Kier alpha value is -2.73. The Balaban J connectivity index is 1.95. The molecule has 0 aliphatic heterocycles. The second-order valence-corrected chi connectivity index (χ2v) is 6.21. The zero-order valence-electron chi connectivity index (χ0n) is 15.7. The molecular formula is C20H24ClN3O3. The summed E-state index contributed by atoms with van der Waals surface area (Å²) >= 11 is 6.11. The van der Waals surface area contributed by atoms with Crippen molar-refractivity contribution >= 4 is 40.5 Å². The smallest absolute Gasteiger partial charge is 0.337 e. The predicted molar refractivity (Wildman–Crippen MR) is 110 cm³/mol. The zero-order valence-corrected chi connectivity index (χ0v) is 16.5. The molecule has 0 aromatic heterocycles. The van der Waals surface area contributed by atoms with Gasteiger partial charge in [-0.25, -0.2) is 4.79 Å². The molecule has 2 aromatic rings. The van der Waals surface area contributed by atoms with Crippen LogP contribution >= 0.6 is 11.6 Å². The second-order valence-electron chi connectivity index (χ2n) is 5.81. The predicted octanol–water partition coefficient (Wildman–Crippen LogP) is 4.02. The summed E-state index contributed by atoms with van der Waals surface area (Å²) in [4.78, 5) is 26.0. The van der Waals surface area contributed by atoms with E-state index in [1.165, 1.54) is 7.11 Å². The van der Waals surface area contributed by atoms with Crippen molar-refractivity contribution in [2.45, 2.75) is 13.8 Å². The highest BCUT2D eigenvalue weighted by Gasteiger charge is 2.10. The number of ether oxygens (including phenoxy) is 1. The van der Waals surface area contributed by atoms with E-state index in [9.17, 15) is 9.59 Å². The van der Waals surface area contributed by atoms with Gasteiger partial charge in [-0.2, -0.15) is 0 Å². The molecular weight excluding hydrogens is 366 g/mol. The largest absolute Gasteiger partial charge is 0.465 e.